The van der Waals surface area contributed by atoms with E-state index in [9.17, 15) is 14.7 Å². The molecule has 3 rings (SSSR count). The Balaban J connectivity index is 1.72. The second kappa shape index (κ2) is 9.63. The number of aliphatic hydroxyl groups excluding tert-OH is 1. The summed E-state index contributed by atoms with van der Waals surface area (Å²) in [7, 11) is 0. The standard InChI is InChI=1S/C24H38O5/c1-5-15(3)24(27)29-21-11-14(2)10-17-7-6-16(4)20(23(17)21)9-8-19-12-18(25)13-22(26)28-19/h7,14-16,18-21,23,25H,5-6,8-13H2,1-4H3/t14-,15-,16-,18?,19?,20-,21-,23-/m0/s1. The minimum atomic E-state index is -0.583. The number of fused-ring (bicyclic) bond motifs is 1. The van der Waals surface area contributed by atoms with Crippen molar-refractivity contribution in [2.24, 2.45) is 29.6 Å². The summed E-state index contributed by atoms with van der Waals surface area (Å²) >= 11 is 0. The van der Waals surface area contributed by atoms with Crippen molar-refractivity contribution in [3.8, 4) is 0 Å². The van der Waals surface area contributed by atoms with E-state index in [1.165, 1.54) is 5.57 Å². The molecule has 0 aromatic heterocycles. The fourth-order valence-electron chi connectivity index (χ4n) is 5.47. The molecule has 2 unspecified atom stereocenters. The first-order valence-corrected chi connectivity index (χ1v) is 11.5. The highest BCUT2D eigenvalue weighted by Gasteiger charge is 2.43. The summed E-state index contributed by atoms with van der Waals surface area (Å²) < 4.78 is 11.6. The van der Waals surface area contributed by atoms with Crippen molar-refractivity contribution in [1.29, 1.82) is 0 Å². The zero-order valence-corrected chi connectivity index (χ0v) is 18.4. The van der Waals surface area contributed by atoms with E-state index in [1.54, 1.807) is 0 Å². The van der Waals surface area contributed by atoms with Crippen LogP contribution in [0.15, 0.2) is 11.6 Å². The first-order chi connectivity index (χ1) is 13.8. The molecule has 2 aliphatic carbocycles. The zero-order valence-electron chi connectivity index (χ0n) is 18.4. The number of esters is 2. The molecule has 164 valence electrons. The fourth-order valence-corrected chi connectivity index (χ4v) is 5.47. The monoisotopic (exact) mass is 406 g/mol. The molecule has 0 aromatic rings. The molecule has 0 aromatic carbocycles. The first-order valence-electron chi connectivity index (χ1n) is 11.5. The van der Waals surface area contributed by atoms with E-state index in [0.29, 0.717) is 24.2 Å². The Hall–Kier alpha value is -1.36. The lowest BCUT2D eigenvalue weighted by Crippen LogP contribution is -2.43. The molecular weight excluding hydrogens is 368 g/mol. The summed E-state index contributed by atoms with van der Waals surface area (Å²) in [5.41, 5.74) is 1.45. The highest BCUT2D eigenvalue weighted by Crippen LogP contribution is 2.48. The van der Waals surface area contributed by atoms with Gasteiger partial charge in [-0.25, -0.2) is 0 Å². The van der Waals surface area contributed by atoms with E-state index >= 15 is 0 Å². The Morgan fingerprint density at radius 3 is 2.72 bits per heavy atom. The van der Waals surface area contributed by atoms with Crippen LogP contribution in [-0.4, -0.2) is 35.4 Å². The minimum Gasteiger partial charge on any atom is -0.462 e. The molecule has 0 bridgehead atoms. The van der Waals surface area contributed by atoms with E-state index in [2.05, 4.69) is 19.9 Å². The first kappa shape index (κ1) is 22.3. The summed E-state index contributed by atoms with van der Waals surface area (Å²) in [6, 6.07) is 0. The summed E-state index contributed by atoms with van der Waals surface area (Å²) in [6.07, 6.45) is 7.74. The number of ether oxygens (including phenoxy) is 2. The number of allylic oxidation sites excluding steroid dienone is 1. The largest absolute Gasteiger partial charge is 0.462 e. The van der Waals surface area contributed by atoms with E-state index in [-0.39, 0.29) is 42.4 Å². The van der Waals surface area contributed by atoms with E-state index in [1.807, 2.05) is 13.8 Å². The summed E-state index contributed by atoms with van der Waals surface area (Å²) in [5.74, 6) is 1.27. The number of hydrogen-bond acceptors (Lipinski definition) is 5. The number of carbonyl (C=O) groups excluding carboxylic acids is 2. The quantitative estimate of drug-likeness (QED) is 0.522. The van der Waals surface area contributed by atoms with Crippen molar-refractivity contribution in [3.05, 3.63) is 11.6 Å². The zero-order chi connectivity index (χ0) is 21.1. The summed E-state index contributed by atoms with van der Waals surface area (Å²) in [4.78, 5) is 24.2. The molecule has 1 N–H and O–H groups in total. The maximum Gasteiger partial charge on any atom is 0.308 e. The number of cyclic esters (lactones) is 1. The molecule has 0 spiro atoms. The SMILES string of the molecule is CC[C@H](C)C(=O)O[C@H]1C[C@@H](C)CC2=CC[C@H](C)[C@H](CCC3CC(O)CC(=O)O3)[C@H]21. The maximum absolute atomic E-state index is 12.6. The Morgan fingerprint density at radius 2 is 2.03 bits per heavy atom. The summed E-state index contributed by atoms with van der Waals surface area (Å²) in [5, 5.41) is 9.90. The number of aliphatic hydroxyl groups is 1. The number of rotatable bonds is 6. The Labute approximate surface area is 175 Å². The van der Waals surface area contributed by atoms with Crippen LogP contribution in [0.25, 0.3) is 0 Å². The lowest BCUT2D eigenvalue weighted by Gasteiger charge is -2.46. The van der Waals surface area contributed by atoms with Crippen molar-refractivity contribution in [2.75, 3.05) is 0 Å². The van der Waals surface area contributed by atoms with Crippen LogP contribution in [0.4, 0.5) is 0 Å². The third-order valence-electron chi connectivity index (χ3n) is 7.33. The number of hydrogen-bond donors (Lipinski definition) is 1. The molecule has 0 radical (unpaired) electrons. The van der Waals surface area contributed by atoms with Gasteiger partial charge in [-0.1, -0.05) is 39.3 Å². The van der Waals surface area contributed by atoms with Gasteiger partial charge in [0.05, 0.1) is 18.4 Å². The molecular formula is C24H38O5. The van der Waals surface area contributed by atoms with Crippen molar-refractivity contribution in [3.63, 3.8) is 0 Å². The van der Waals surface area contributed by atoms with Gasteiger partial charge in [0.25, 0.3) is 0 Å². The van der Waals surface area contributed by atoms with Crippen molar-refractivity contribution >= 4 is 11.9 Å². The van der Waals surface area contributed by atoms with Gasteiger partial charge in [0.2, 0.25) is 0 Å². The average molecular weight is 407 g/mol. The molecule has 3 aliphatic rings. The number of carbonyl (C=O) groups is 2. The molecule has 29 heavy (non-hydrogen) atoms. The van der Waals surface area contributed by atoms with Crippen LogP contribution < -0.4 is 0 Å². The third-order valence-corrected chi connectivity index (χ3v) is 7.33. The molecule has 0 amide bonds. The molecule has 5 heteroatoms. The molecule has 2 fully saturated rings. The molecule has 1 saturated carbocycles. The molecule has 1 saturated heterocycles. The van der Waals surface area contributed by atoms with Gasteiger partial charge in [-0.05, 0) is 56.3 Å². The summed E-state index contributed by atoms with van der Waals surface area (Å²) in [6.45, 7) is 8.49. The predicted octanol–water partition coefficient (Wildman–Crippen LogP) is 4.42. The van der Waals surface area contributed by atoms with E-state index in [0.717, 1.165) is 38.5 Å². The highest BCUT2D eigenvalue weighted by molar-refractivity contribution is 5.72. The van der Waals surface area contributed by atoms with Gasteiger partial charge in [0, 0.05) is 12.3 Å². The third kappa shape index (κ3) is 5.42. The molecule has 5 nitrogen and oxygen atoms in total. The van der Waals surface area contributed by atoms with Crippen molar-refractivity contribution < 1.29 is 24.2 Å². The van der Waals surface area contributed by atoms with Crippen LogP contribution in [0, 0.1) is 29.6 Å². The average Bonchev–Trinajstić information content (AvgIpc) is 2.65. The van der Waals surface area contributed by atoms with E-state index < -0.39 is 6.10 Å². The normalized spacial score (nSPS) is 38.4. The second-order valence-corrected chi connectivity index (χ2v) is 9.79. The van der Waals surface area contributed by atoms with Crippen molar-refractivity contribution in [2.45, 2.75) is 97.4 Å². The second-order valence-electron chi connectivity index (χ2n) is 9.79. The van der Waals surface area contributed by atoms with Crippen LogP contribution >= 0.6 is 0 Å². The fraction of sp³-hybridized carbons (Fsp3) is 0.833. The van der Waals surface area contributed by atoms with Crippen molar-refractivity contribution in [1.82, 2.24) is 0 Å². The maximum atomic E-state index is 12.6. The molecule has 1 heterocycles. The minimum absolute atomic E-state index is 0.0567. The van der Waals surface area contributed by atoms with Gasteiger partial charge in [-0.2, -0.15) is 0 Å². The predicted molar refractivity (Wildman–Crippen MR) is 111 cm³/mol. The Morgan fingerprint density at radius 1 is 1.28 bits per heavy atom. The van der Waals surface area contributed by atoms with Gasteiger partial charge < -0.3 is 14.6 Å². The van der Waals surface area contributed by atoms with Gasteiger partial charge in [0.15, 0.2) is 0 Å². The lowest BCUT2D eigenvalue weighted by molar-refractivity contribution is -0.163. The lowest BCUT2D eigenvalue weighted by atomic mass is 9.62. The van der Waals surface area contributed by atoms with Crippen LogP contribution in [0.3, 0.4) is 0 Å². The van der Waals surface area contributed by atoms with E-state index in [4.69, 9.17) is 9.47 Å². The van der Waals surface area contributed by atoms with Gasteiger partial charge in [-0.15, -0.1) is 0 Å². The van der Waals surface area contributed by atoms with Crippen LogP contribution in [0.2, 0.25) is 0 Å². The van der Waals surface area contributed by atoms with Crippen LogP contribution in [-0.2, 0) is 19.1 Å². The Bertz CT molecular complexity index is 627. The van der Waals surface area contributed by atoms with Gasteiger partial charge in [0.1, 0.15) is 12.2 Å². The van der Waals surface area contributed by atoms with Gasteiger partial charge in [-0.3, -0.25) is 9.59 Å². The Kier molecular flexibility index (Phi) is 7.42. The van der Waals surface area contributed by atoms with Crippen LogP contribution in [0.5, 0.6) is 0 Å². The van der Waals surface area contributed by atoms with Crippen LogP contribution in [0.1, 0.15) is 79.1 Å². The smallest absolute Gasteiger partial charge is 0.308 e. The highest BCUT2D eigenvalue weighted by atomic mass is 16.5. The topological polar surface area (TPSA) is 72.8 Å². The molecule has 8 atom stereocenters. The van der Waals surface area contributed by atoms with Gasteiger partial charge >= 0.3 is 11.9 Å². The molecule has 1 aliphatic heterocycles.